The lowest BCUT2D eigenvalue weighted by atomic mass is 9.96. The van der Waals surface area contributed by atoms with E-state index in [1.807, 2.05) is 0 Å². The number of likely N-dealkylation sites (tertiary alicyclic amines) is 1. The molecule has 2 fully saturated rings. The molecule has 2 heterocycles. The standard InChI is InChI=1S/C16H23NO2/c1-13-5-2-3-6-14(13)11-17-8-4-7-15(12-17)16-18-9-10-19-16/h2-3,5-6,15-16H,4,7-12H2,1H3. The monoisotopic (exact) mass is 261 g/mol. The van der Waals surface area contributed by atoms with Crippen LogP contribution < -0.4 is 0 Å². The Balaban J connectivity index is 1.60. The summed E-state index contributed by atoms with van der Waals surface area (Å²) < 4.78 is 11.3. The van der Waals surface area contributed by atoms with E-state index in [9.17, 15) is 0 Å². The van der Waals surface area contributed by atoms with Crippen LogP contribution in [-0.4, -0.2) is 37.5 Å². The first-order valence-electron chi connectivity index (χ1n) is 7.33. The number of aryl methyl sites for hydroxylation is 1. The van der Waals surface area contributed by atoms with Gasteiger partial charge in [0, 0.05) is 19.0 Å². The number of ether oxygens (including phenoxy) is 2. The van der Waals surface area contributed by atoms with Crippen LogP contribution in [0.4, 0.5) is 0 Å². The number of hydrogen-bond donors (Lipinski definition) is 0. The third kappa shape index (κ3) is 3.16. The van der Waals surface area contributed by atoms with Crippen molar-refractivity contribution in [2.45, 2.75) is 32.6 Å². The van der Waals surface area contributed by atoms with Gasteiger partial charge in [-0.3, -0.25) is 4.90 Å². The molecule has 0 amide bonds. The molecule has 3 nitrogen and oxygen atoms in total. The SMILES string of the molecule is Cc1ccccc1CN1CCCC(C2OCCO2)C1. The van der Waals surface area contributed by atoms with Crippen molar-refractivity contribution in [3.8, 4) is 0 Å². The van der Waals surface area contributed by atoms with Crippen molar-refractivity contribution in [3.63, 3.8) is 0 Å². The van der Waals surface area contributed by atoms with E-state index in [2.05, 4.69) is 36.1 Å². The highest BCUT2D eigenvalue weighted by molar-refractivity contribution is 5.25. The minimum atomic E-state index is 0.0414. The summed E-state index contributed by atoms with van der Waals surface area (Å²) in [6.07, 6.45) is 2.52. The maximum atomic E-state index is 5.67. The lowest BCUT2D eigenvalue weighted by Crippen LogP contribution is -2.40. The van der Waals surface area contributed by atoms with Crippen molar-refractivity contribution in [2.24, 2.45) is 5.92 Å². The second-order valence-electron chi connectivity index (χ2n) is 5.67. The molecule has 0 aliphatic carbocycles. The maximum Gasteiger partial charge on any atom is 0.161 e. The van der Waals surface area contributed by atoms with E-state index in [-0.39, 0.29) is 6.29 Å². The van der Waals surface area contributed by atoms with Gasteiger partial charge in [-0.25, -0.2) is 0 Å². The summed E-state index contributed by atoms with van der Waals surface area (Å²) in [4.78, 5) is 2.54. The molecule has 0 spiro atoms. The van der Waals surface area contributed by atoms with Crippen molar-refractivity contribution >= 4 is 0 Å². The summed E-state index contributed by atoms with van der Waals surface area (Å²) in [7, 11) is 0. The molecule has 1 atom stereocenters. The molecule has 0 aromatic heterocycles. The molecule has 0 radical (unpaired) electrons. The van der Waals surface area contributed by atoms with Gasteiger partial charge in [-0.15, -0.1) is 0 Å². The number of nitrogens with zero attached hydrogens (tertiary/aromatic N) is 1. The van der Waals surface area contributed by atoms with Crippen molar-refractivity contribution in [3.05, 3.63) is 35.4 Å². The van der Waals surface area contributed by atoms with Gasteiger partial charge in [-0.1, -0.05) is 24.3 Å². The van der Waals surface area contributed by atoms with Crippen molar-refractivity contribution in [1.29, 1.82) is 0 Å². The van der Waals surface area contributed by atoms with Crippen LogP contribution in [0.5, 0.6) is 0 Å². The van der Waals surface area contributed by atoms with E-state index in [0.29, 0.717) is 5.92 Å². The van der Waals surface area contributed by atoms with E-state index in [1.54, 1.807) is 0 Å². The molecule has 2 aliphatic heterocycles. The summed E-state index contributed by atoms with van der Waals surface area (Å²) in [5.74, 6) is 0.542. The van der Waals surface area contributed by atoms with Crippen LogP contribution in [-0.2, 0) is 16.0 Å². The van der Waals surface area contributed by atoms with Gasteiger partial charge in [0.05, 0.1) is 13.2 Å². The maximum absolute atomic E-state index is 5.67. The van der Waals surface area contributed by atoms with Crippen LogP contribution in [0.2, 0.25) is 0 Å². The third-order valence-electron chi connectivity index (χ3n) is 4.23. The highest BCUT2D eigenvalue weighted by atomic mass is 16.7. The zero-order valence-corrected chi connectivity index (χ0v) is 11.7. The highest BCUT2D eigenvalue weighted by Crippen LogP contribution is 2.26. The van der Waals surface area contributed by atoms with Gasteiger partial charge in [0.15, 0.2) is 6.29 Å². The minimum absolute atomic E-state index is 0.0414. The van der Waals surface area contributed by atoms with E-state index in [1.165, 1.54) is 30.5 Å². The molecular weight excluding hydrogens is 238 g/mol. The molecule has 1 unspecified atom stereocenters. The zero-order chi connectivity index (χ0) is 13.1. The van der Waals surface area contributed by atoms with Crippen molar-refractivity contribution in [2.75, 3.05) is 26.3 Å². The highest BCUT2D eigenvalue weighted by Gasteiger charge is 2.31. The van der Waals surface area contributed by atoms with E-state index >= 15 is 0 Å². The van der Waals surface area contributed by atoms with Crippen LogP contribution in [0.1, 0.15) is 24.0 Å². The van der Waals surface area contributed by atoms with E-state index in [4.69, 9.17) is 9.47 Å². The summed E-state index contributed by atoms with van der Waals surface area (Å²) in [6.45, 7) is 7.06. The van der Waals surface area contributed by atoms with Gasteiger partial charge in [0.2, 0.25) is 0 Å². The lowest BCUT2D eigenvalue weighted by molar-refractivity contribution is -0.101. The Labute approximate surface area is 115 Å². The third-order valence-corrected chi connectivity index (χ3v) is 4.23. The van der Waals surface area contributed by atoms with Gasteiger partial charge in [0.1, 0.15) is 0 Å². The van der Waals surface area contributed by atoms with Gasteiger partial charge in [-0.2, -0.15) is 0 Å². The smallest absolute Gasteiger partial charge is 0.161 e. The Morgan fingerprint density at radius 2 is 2.00 bits per heavy atom. The number of hydrogen-bond acceptors (Lipinski definition) is 3. The summed E-state index contributed by atoms with van der Waals surface area (Å²) in [6, 6.07) is 8.67. The van der Waals surface area contributed by atoms with Crippen molar-refractivity contribution in [1.82, 2.24) is 4.90 Å². The molecule has 19 heavy (non-hydrogen) atoms. The summed E-state index contributed by atoms with van der Waals surface area (Å²) >= 11 is 0. The average Bonchev–Trinajstić information content (AvgIpc) is 2.96. The molecule has 2 saturated heterocycles. The fourth-order valence-corrected chi connectivity index (χ4v) is 3.13. The van der Waals surface area contributed by atoms with Gasteiger partial charge < -0.3 is 9.47 Å². The van der Waals surface area contributed by atoms with Crippen LogP contribution in [0, 0.1) is 12.8 Å². The predicted molar refractivity (Wildman–Crippen MR) is 74.9 cm³/mol. The second kappa shape index (κ2) is 6.04. The molecule has 0 saturated carbocycles. The molecule has 104 valence electrons. The largest absolute Gasteiger partial charge is 0.350 e. The molecule has 0 bridgehead atoms. The lowest BCUT2D eigenvalue weighted by Gasteiger charge is -2.35. The molecule has 1 aromatic rings. The Kier molecular flexibility index (Phi) is 4.16. The average molecular weight is 261 g/mol. The fourth-order valence-electron chi connectivity index (χ4n) is 3.13. The van der Waals surface area contributed by atoms with Crippen LogP contribution in [0.15, 0.2) is 24.3 Å². The van der Waals surface area contributed by atoms with Crippen LogP contribution >= 0.6 is 0 Å². The van der Waals surface area contributed by atoms with Crippen LogP contribution in [0.3, 0.4) is 0 Å². The molecule has 0 N–H and O–H groups in total. The first-order valence-corrected chi connectivity index (χ1v) is 7.33. The molecule has 3 rings (SSSR count). The number of piperidine rings is 1. The number of rotatable bonds is 3. The van der Waals surface area contributed by atoms with E-state index in [0.717, 1.165) is 26.3 Å². The topological polar surface area (TPSA) is 21.7 Å². The summed E-state index contributed by atoms with van der Waals surface area (Å²) in [5, 5.41) is 0. The van der Waals surface area contributed by atoms with Crippen molar-refractivity contribution < 1.29 is 9.47 Å². The Hall–Kier alpha value is -0.900. The fraction of sp³-hybridized carbons (Fsp3) is 0.625. The normalized spacial score (nSPS) is 25.8. The van der Waals surface area contributed by atoms with Crippen LogP contribution in [0.25, 0.3) is 0 Å². The second-order valence-corrected chi connectivity index (χ2v) is 5.67. The molecule has 2 aliphatic rings. The quantitative estimate of drug-likeness (QED) is 0.834. The Bertz CT molecular complexity index is 415. The first kappa shape index (κ1) is 13.1. The minimum Gasteiger partial charge on any atom is -0.350 e. The molecule has 3 heteroatoms. The molecular formula is C16H23NO2. The predicted octanol–water partition coefficient (Wildman–Crippen LogP) is 2.58. The molecule has 1 aromatic carbocycles. The first-order chi connectivity index (χ1) is 9.33. The Morgan fingerprint density at radius 1 is 1.21 bits per heavy atom. The van der Waals surface area contributed by atoms with Gasteiger partial charge in [-0.05, 0) is 37.4 Å². The van der Waals surface area contributed by atoms with E-state index < -0.39 is 0 Å². The number of benzene rings is 1. The Morgan fingerprint density at radius 3 is 2.79 bits per heavy atom. The zero-order valence-electron chi connectivity index (χ0n) is 11.7. The van der Waals surface area contributed by atoms with Gasteiger partial charge in [0.25, 0.3) is 0 Å². The van der Waals surface area contributed by atoms with Gasteiger partial charge >= 0.3 is 0 Å². The summed E-state index contributed by atoms with van der Waals surface area (Å²) in [5.41, 5.74) is 2.83.